The molecular weight excluding hydrogens is 318 g/mol. The van der Waals surface area contributed by atoms with E-state index in [2.05, 4.69) is 10.6 Å². The molecule has 2 aromatic rings. The van der Waals surface area contributed by atoms with Crippen LogP contribution in [0.5, 0.6) is 0 Å². The van der Waals surface area contributed by atoms with Crippen molar-refractivity contribution in [3.63, 3.8) is 0 Å². The zero-order valence-electron chi connectivity index (χ0n) is 13.6. The quantitative estimate of drug-likeness (QED) is 0.864. The molecule has 0 aliphatic carbocycles. The second-order valence-electron chi connectivity index (χ2n) is 5.86. The summed E-state index contributed by atoms with van der Waals surface area (Å²) >= 11 is 0. The minimum Gasteiger partial charge on any atom is -0.350 e. The summed E-state index contributed by atoms with van der Waals surface area (Å²) in [5.41, 5.74) is 1.32. The third kappa shape index (κ3) is 4.23. The SMILES string of the molecule is O=C(CNC(=O)c1ccccc1)N[C@@H]1CC(=O)N(c2ccccc2)C1. The molecule has 2 aromatic carbocycles. The summed E-state index contributed by atoms with van der Waals surface area (Å²) < 4.78 is 0. The van der Waals surface area contributed by atoms with E-state index in [0.29, 0.717) is 12.1 Å². The molecule has 1 aliphatic heterocycles. The molecule has 0 bridgehead atoms. The van der Waals surface area contributed by atoms with Crippen LogP contribution in [0.15, 0.2) is 60.7 Å². The molecule has 6 nitrogen and oxygen atoms in total. The third-order valence-corrected chi connectivity index (χ3v) is 4.00. The number of anilines is 1. The van der Waals surface area contributed by atoms with Gasteiger partial charge in [-0.3, -0.25) is 14.4 Å². The molecule has 1 aliphatic rings. The van der Waals surface area contributed by atoms with E-state index in [0.717, 1.165) is 5.69 Å². The molecule has 0 spiro atoms. The number of hydrogen-bond acceptors (Lipinski definition) is 3. The molecule has 3 rings (SSSR count). The maximum atomic E-state index is 12.1. The molecule has 3 amide bonds. The van der Waals surface area contributed by atoms with Crippen LogP contribution in [-0.4, -0.2) is 36.9 Å². The molecule has 1 heterocycles. The Morgan fingerprint density at radius 2 is 1.64 bits per heavy atom. The predicted molar refractivity (Wildman–Crippen MR) is 94.1 cm³/mol. The standard InChI is InChI=1S/C19H19N3O3/c23-17(12-20-19(25)14-7-3-1-4-8-14)21-15-11-18(24)22(13-15)16-9-5-2-6-10-16/h1-10,15H,11-13H2,(H,20,25)(H,21,23)/t15-/m1/s1. The highest BCUT2D eigenvalue weighted by atomic mass is 16.2. The van der Waals surface area contributed by atoms with Crippen LogP contribution in [0.25, 0.3) is 0 Å². The van der Waals surface area contributed by atoms with Crippen molar-refractivity contribution in [3.05, 3.63) is 66.2 Å². The highest BCUT2D eigenvalue weighted by Crippen LogP contribution is 2.20. The van der Waals surface area contributed by atoms with Crippen LogP contribution in [0.4, 0.5) is 5.69 Å². The van der Waals surface area contributed by atoms with Crippen molar-refractivity contribution in [1.82, 2.24) is 10.6 Å². The van der Waals surface area contributed by atoms with Crippen LogP contribution in [-0.2, 0) is 9.59 Å². The van der Waals surface area contributed by atoms with Crippen molar-refractivity contribution in [2.75, 3.05) is 18.0 Å². The van der Waals surface area contributed by atoms with E-state index >= 15 is 0 Å². The summed E-state index contributed by atoms with van der Waals surface area (Å²) in [5.74, 6) is -0.633. The lowest BCUT2D eigenvalue weighted by Gasteiger charge is -2.17. The zero-order chi connectivity index (χ0) is 17.6. The summed E-state index contributed by atoms with van der Waals surface area (Å²) in [4.78, 5) is 37.7. The van der Waals surface area contributed by atoms with Crippen molar-refractivity contribution >= 4 is 23.4 Å². The van der Waals surface area contributed by atoms with E-state index in [1.54, 1.807) is 29.2 Å². The molecule has 25 heavy (non-hydrogen) atoms. The Hall–Kier alpha value is -3.15. The summed E-state index contributed by atoms with van der Waals surface area (Å²) in [6.07, 6.45) is 0.257. The van der Waals surface area contributed by atoms with Gasteiger partial charge in [0, 0.05) is 24.2 Å². The number of amides is 3. The number of carbonyl (C=O) groups is 3. The van der Waals surface area contributed by atoms with Crippen LogP contribution in [0.2, 0.25) is 0 Å². The van der Waals surface area contributed by atoms with E-state index < -0.39 is 0 Å². The van der Waals surface area contributed by atoms with Gasteiger partial charge in [0.25, 0.3) is 5.91 Å². The molecule has 1 fully saturated rings. The van der Waals surface area contributed by atoms with Gasteiger partial charge in [-0.25, -0.2) is 0 Å². The predicted octanol–water partition coefficient (Wildman–Crippen LogP) is 1.34. The van der Waals surface area contributed by atoms with Gasteiger partial charge in [0.2, 0.25) is 11.8 Å². The van der Waals surface area contributed by atoms with Crippen LogP contribution in [0, 0.1) is 0 Å². The average molecular weight is 337 g/mol. The van der Waals surface area contributed by atoms with Gasteiger partial charge in [-0.1, -0.05) is 36.4 Å². The van der Waals surface area contributed by atoms with Gasteiger partial charge < -0.3 is 15.5 Å². The number of carbonyl (C=O) groups excluding carboxylic acids is 3. The monoisotopic (exact) mass is 337 g/mol. The van der Waals surface area contributed by atoms with Crippen molar-refractivity contribution < 1.29 is 14.4 Å². The van der Waals surface area contributed by atoms with E-state index in [1.165, 1.54) is 0 Å². The van der Waals surface area contributed by atoms with Gasteiger partial charge in [-0.15, -0.1) is 0 Å². The molecule has 0 radical (unpaired) electrons. The Kier molecular flexibility index (Phi) is 5.09. The molecule has 2 N–H and O–H groups in total. The lowest BCUT2D eigenvalue weighted by Crippen LogP contribution is -2.43. The summed E-state index contributed by atoms with van der Waals surface area (Å²) in [5, 5.41) is 5.38. The molecular formula is C19H19N3O3. The summed E-state index contributed by atoms with van der Waals surface area (Å²) in [7, 11) is 0. The summed E-state index contributed by atoms with van der Waals surface area (Å²) in [6.45, 7) is 0.310. The third-order valence-electron chi connectivity index (χ3n) is 4.00. The number of benzene rings is 2. The minimum absolute atomic E-state index is 0.0233. The van der Waals surface area contributed by atoms with Gasteiger partial charge in [0.05, 0.1) is 12.6 Å². The normalized spacial score (nSPS) is 16.6. The molecule has 0 saturated carbocycles. The average Bonchev–Trinajstić information content (AvgIpc) is 3.01. The van der Waals surface area contributed by atoms with Crippen LogP contribution < -0.4 is 15.5 Å². The van der Waals surface area contributed by atoms with Crippen molar-refractivity contribution in [3.8, 4) is 0 Å². The van der Waals surface area contributed by atoms with E-state index in [-0.39, 0.29) is 36.7 Å². The number of hydrogen-bond donors (Lipinski definition) is 2. The maximum Gasteiger partial charge on any atom is 0.251 e. The van der Waals surface area contributed by atoms with Crippen molar-refractivity contribution in [2.24, 2.45) is 0 Å². The number of nitrogens with zero attached hydrogens (tertiary/aromatic N) is 1. The van der Waals surface area contributed by atoms with Gasteiger partial charge >= 0.3 is 0 Å². The maximum absolute atomic E-state index is 12.1. The molecule has 1 saturated heterocycles. The Morgan fingerprint density at radius 3 is 2.32 bits per heavy atom. The van der Waals surface area contributed by atoms with Gasteiger partial charge in [0.1, 0.15) is 0 Å². The first-order valence-electron chi connectivity index (χ1n) is 8.11. The Morgan fingerprint density at radius 1 is 1.00 bits per heavy atom. The highest BCUT2D eigenvalue weighted by molar-refractivity contribution is 5.98. The smallest absolute Gasteiger partial charge is 0.251 e. The first kappa shape index (κ1) is 16.7. The first-order valence-corrected chi connectivity index (χ1v) is 8.11. The van der Waals surface area contributed by atoms with Crippen molar-refractivity contribution in [1.29, 1.82) is 0 Å². The first-order chi connectivity index (χ1) is 12.1. The zero-order valence-corrected chi connectivity index (χ0v) is 13.6. The number of para-hydroxylation sites is 1. The fourth-order valence-electron chi connectivity index (χ4n) is 2.79. The minimum atomic E-state index is -0.308. The number of rotatable bonds is 5. The molecule has 128 valence electrons. The lowest BCUT2D eigenvalue weighted by atomic mass is 10.2. The Balaban J connectivity index is 1.49. The molecule has 6 heteroatoms. The Bertz CT molecular complexity index is 762. The van der Waals surface area contributed by atoms with Crippen molar-refractivity contribution in [2.45, 2.75) is 12.5 Å². The topological polar surface area (TPSA) is 78.5 Å². The van der Waals surface area contributed by atoms with Crippen LogP contribution >= 0.6 is 0 Å². The lowest BCUT2D eigenvalue weighted by molar-refractivity contribution is -0.120. The Labute approximate surface area is 145 Å². The highest BCUT2D eigenvalue weighted by Gasteiger charge is 2.31. The van der Waals surface area contributed by atoms with Gasteiger partial charge in [-0.2, -0.15) is 0 Å². The second kappa shape index (κ2) is 7.61. The van der Waals surface area contributed by atoms with Gasteiger partial charge in [0.15, 0.2) is 0 Å². The molecule has 0 aromatic heterocycles. The van der Waals surface area contributed by atoms with E-state index in [1.807, 2.05) is 36.4 Å². The largest absolute Gasteiger partial charge is 0.350 e. The van der Waals surface area contributed by atoms with E-state index in [4.69, 9.17) is 0 Å². The second-order valence-corrected chi connectivity index (χ2v) is 5.86. The van der Waals surface area contributed by atoms with Crippen LogP contribution in [0.1, 0.15) is 16.8 Å². The molecule has 1 atom stereocenters. The van der Waals surface area contributed by atoms with Gasteiger partial charge in [-0.05, 0) is 24.3 Å². The van der Waals surface area contributed by atoms with E-state index in [9.17, 15) is 14.4 Å². The fraction of sp³-hybridized carbons (Fsp3) is 0.211. The number of nitrogens with one attached hydrogen (secondary N) is 2. The van der Waals surface area contributed by atoms with Crippen LogP contribution in [0.3, 0.4) is 0 Å². The summed E-state index contributed by atoms with van der Waals surface area (Å²) in [6, 6.07) is 17.8. The molecule has 0 unspecified atom stereocenters. The fourth-order valence-corrected chi connectivity index (χ4v) is 2.79.